The molecule has 1 fully saturated rings. The Kier molecular flexibility index (Phi) is 4.93. The highest BCUT2D eigenvalue weighted by molar-refractivity contribution is 5.81. The quantitative estimate of drug-likeness (QED) is 0.835. The zero-order valence-electron chi connectivity index (χ0n) is 11.5. The Hall–Kier alpha value is -1.39. The number of amides is 1. The second-order valence-electron chi connectivity index (χ2n) is 5.23. The third-order valence-corrected chi connectivity index (χ3v) is 3.64. The fourth-order valence-corrected chi connectivity index (χ4v) is 2.43. The second kappa shape index (κ2) is 6.68. The number of nitrogens with one attached hydrogen (secondary N) is 1. The van der Waals surface area contributed by atoms with Crippen LogP contribution in [0, 0.1) is 0 Å². The largest absolute Gasteiger partial charge is 0.351 e. The molecule has 1 heterocycles. The summed E-state index contributed by atoms with van der Waals surface area (Å²) in [6.45, 7) is 4.83. The summed E-state index contributed by atoms with van der Waals surface area (Å²) in [6.07, 6.45) is 1.70. The number of likely N-dealkylation sites (tertiary alicyclic amines) is 1. The lowest BCUT2D eigenvalue weighted by molar-refractivity contribution is -0.123. The zero-order valence-corrected chi connectivity index (χ0v) is 11.5. The minimum atomic E-state index is -0.372. The standard InChI is InChI=1S/C15H23N3O/c1-2-14(16)15(19)17-13-8-9-18(11-13)10-12-6-4-3-5-7-12/h3-7,13-14H,2,8-11,16H2,1H3,(H,17,19)/t13?,14-/m0/s1. The van der Waals surface area contributed by atoms with Gasteiger partial charge in [-0.15, -0.1) is 0 Å². The lowest BCUT2D eigenvalue weighted by atomic mass is 10.2. The lowest BCUT2D eigenvalue weighted by Gasteiger charge is -2.18. The molecule has 3 N–H and O–H groups in total. The maximum absolute atomic E-state index is 11.7. The van der Waals surface area contributed by atoms with E-state index in [-0.39, 0.29) is 18.0 Å². The molecule has 0 saturated carbocycles. The highest BCUT2D eigenvalue weighted by Crippen LogP contribution is 2.13. The number of hydrogen-bond acceptors (Lipinski definition) is 3. The van der Waals surface area contributed by atoms with Crippen LogP contribution in [0.5, 0.6) is 0 Å². The summed E-state index contributed by atoms with van der Waals surface area (Å²) in [6, 6.07) is 10.3. The molecule has 1 amide bonds. The first-order valence-electron chi connectivity index (χ1n) is 7.01. The summed E-state index contributed by atoms with van der Waals surface area (Å²) in [5.74, 6) is -0.0194. The van der Waals surface area contributed by atoms with Crippen LogP contribution in [0.15, 0.2) is 30.3 Å². The molecule has 0 bridgehead atoms. The number of benzene rings is 1. The lowest BCUT2D eigenvalue weighted by Crippen LogP contribution is -2.45. The molecule has 0 spiro atoms. The Labute approximate surface area is 115 Å². The average Bonchev–Trinajstić information content (AvgIpc) is 2.86. The van der Waals surface area contributed by atoms with E-state index in [1.54, 1.807) is 0 Å². The van der Waals surface area contributed by atoms with Crippen molar-refractivity contribution in [3.05, 3.63) is 35.9 Å². The summed E-state index contributed by atoms with van der Waals surface area (Å²) in [5.41, 5.74) is 7.05. The van der Waals surface area contributed by atoms with Crippen LogP contribution in [0.25, 0.3) is 0 Å². The molecule has 2 atom stereocenters. The van der Waals surface area contributed by atoms with Gasteiger partial charge in [0.05, 0.1) is 6.04 Å². The van der Waals surface area contributed by atoms with Crippen molar-refractivity contribution in [1.29, 1.82) is 0 Å². The van der Waals surface area contributed by atoms with Gasteiger partial charge in [0.15, 0.2) is 0 Å². The predicted molar refractivity (Wildman–Crippen MR) is 76.5 cm³/mol. The number of nitrogens with zero attached hydrogens (tertiary/aromatic N) is 1. The molecular formula is C15H23N3O. The van der Waals surface area contributed by atoms with Gasteiger partial charge in [0.2, 0.25) is 5.91 Å². The van der Waals surface area contributed by atoms with Gasteiger partial charge >= 0.3 is 0 Å². The summed E-state index contributed by atoms with van der Waals surface area (Å²) < 4.78 is 0. The van der Waals surface area contributed by atoms with Crippen LogP contribution < -0.4 is 11.1 Å². The van der Waals surface area contributed by atoms with E-state index in [0.717, 1.165) is 26.1 Å². The molecular weight excluding hydrogens is 238 g/mol. The number of carbonyl (C=O) groups is 1. The van der Waals surface area contributed by atoms with Crippen LogP contribution in [-0.2, 0) is 11.3 Å². The van der Waals surface area contributed by atoms with E-state index in [1.807, 2.05) is 13.0 Å². The zero-order chi connectivity index (χ0) is 13.7. The van der Waals surface area contributed by atoms with Crippen LogP contribution in [0.3, 0.4) is 0 Å². The van der Waals surface area contributed by atoms with Crippen molar-refractivity contribution in [2.24, 2.45) is 5.73 Å². The Balaban J connectivity index is 1.79. The average molecular weight is 261 g/mol. The first-order chi connectivity index (χ1) is 9.19. The molecule has 0 aromatic heterocycles. The van der Waals surface area contributed by atoms with Gasteiger partial charge < -0.3 is 11.1 Å². The molecule has 4 nitrogen and oxygen atoms in total. The van der Waals surface area contributed by atoms with E-state index in [1.165, 1.54) is 5.56 Å². The maximum atomic E-state index is 11.7. The molecule has 0 radical (unpaired) electrons. The minimum absolute atomic E-state index is 0.0194. The van der Waals surface area contributed by atoms with Gasteiger partial charge in [-0.05, 0) is 18.4 Å². The van der Waals surface area contributed by atoms with E-state index in [9.17, 15) is 4.79 Å². The summed E-state index contributed by atoms with van der Waals surface area (Å²) >= 11 is 0. The van der Waals surface area contributed by atoms with Gasteiger partial charge in [0.25, 0.3) is 0 Å². The van der Waals surface area contributed by atoms with Crippen molar-refractivity contribution in [1.82, 2.24) is 10.2 Å². The third kappa shape index (κ3) is 4.04. The molecule has 1 aliphatic rings. The van der Waals surface area contributed by atoms with Crippen molar-refractivity contribution in [2.75, 3.05) is 13.1 Å². The topological polar surface area (TPSA) is 58.4 Å². The van der Waals surface area contributed by atoms with Gasteiger partial charge in [-0.3, -0.25) is 9.69 Å². The predicted octanol–water partition coefficient (Wildman–Crippen LogP) is 1.11. The molecule has 2 rings (SSSR count). The van der Waals surface area contributed by atoms with E-state index in [4.69, 9.17) is 5.73 Å². The molecule has 0 aliphatic carbocycles. The minimum Gasteiger partial charge on any atom is -0.351 e. The van der Waals surface area contributed by atoms with Gasteiger partial charge in [-0.2, -0.15) is 0 Å². The third-order valence-electron chi connectivity index (χ3n) is 3.64. The van der Waals surface area contributed by atoms with E-state index in [0.29, 0.717) is 6.42 Å². The van der Waals surface area contributed by atoms with Crippen LogP contribution >= 0.6 is 0 Å². The Morgan fingerprint density at radius 3 is 2.89 bits per heavy atom. The van der Waals surface area contributed by atoms with Gasteiger partial charge in [0, 0.05) is 25.7 Å². The highest BCUT2D eigenvalue weighted by atomic mass is 16.2. The van der Waals surface area contributed by atoms with Gasteiger partial charge in [0.1, 0.15) is 0 Å². The molecule has 1 saturated heterocycles. The summed E-state index contributed by atoms with van der Waals surface area (Å²) in [7, 11) is 0. The molecule has 104 valence electrons. The number of carbonyl (C=O) groups excluding carboxylic acids is 1. The van der Waals surface area contributed by atoms with Gasteiger partial charge in [-0.1, -0.05) is 37.3 Å². The molecule has 1 unspecified atom stereocenters. The van der Waals surface area contributed by atoms with Crippen molar-refractivity contribution in [2.45, 2.75) is 38.4 Å². The maximum Gasteiger partial charge on any atom is 0.237 e. The highest BCUT2D eigenvalue weighted by Gasteiger charge is 2.25. The molecule has 1 aromatic rings. The normalized spacial score (nSPS) is 21.3. The van der Waals surface area contributed by atoms with E-state index >= 15 is 0 Å². The molecule has 19 heavy (non-hydrogen) atoms. The van der Waals surface area contributed by atoms with Crippen molar-refractivity contribution in [3.8, 4) is 0 Å². The Morgan fingerprint density at radius 2 is 2.21 bits per heavy atom. The second-order valence-corrected chi connectivity index (χ2v) is 5.23. The molecule has 1 aliphatic heterocycles. The SMILES string of the molecule is CC[C@H](N)C(=O)NC1CCN(Cc2ccccc2)C1. The van der Waals surface area contributed by atoms with Crippen LogP contribution in [0.4, 0.5) is 0 Å². The number of hydrogen-bond donors (Lipinski definition) is 2. The smallest absolute Gasteiger partial charge is 0.237 e. The number of nitrogens with two attached hydrogens (primary N) is 1. The van der Waals surface area contributed by atoms with Crippen LogP contribution in [-0.4, -0.2) is 36.0 Å². The number of rotatable bonds is 5. The summed E-state index contributed by atoms with van der Waals surface area (Å²) in [4.78, 5) is 14.1. The fraction of sp³-hybridized carbons (Fsp3) is 0.533. The summed E-state index contributed by atoms with van der Waals surface area (Å²) in [5, 5.41) is 3.04. The first-order valence-corrected chi connectivity index (χ1v) is 7.01. The first kappa shape index (κ1) is 14.0. The van der Waals surface area contributed by atoms with Crippen LogP contribution in [0.2, 0.25) is 0 Å². The molecule has 1 aromatic carbocycles. The van der Waals surface area contributed by atoms with Crippen LogP contribution in [0.1, 0.15) is 25.3 Å². The van der Waals surface area contributed by atoms with Crippen molar-refractivity contribution in [3.63, 3.8) is 0 Å². The fourth-order valence-electron chi connectivity index (χ4n) is 2.43. The van der Waals surface area contributed by atoms with Gasteiger partial charge in [-0.25, -0.2) is 0 Å². The van der Waals surface area contributed by atoms with Crippen molar-refractivity contribution < 1.29 is 4.79 Å². The van der Waals surface area contributed by atoms with Crippen molar-refractivity contribution >= 4 is 5.91 Å². The monoisotopic (exact) mass is 261 g/mol. The molecule has 4 heteroatoms. The Bertz CT molecular complexity index is 407. The Morgan fingerprint density at radius 1 is 1.47 bits per heavy atom. The van der Waals surface area contributed by atoms with E-state index in [2.05, 4.69) is 34.5 Å². The van der Waals surface area contributed by atoms with E-state index < -0.39 is 0 Å².